The molecule has 2 aromatic carbocycles. The molecule has 0 saturated carbocycles. The number of hydrogen-bond donors (Lipinski definition) is 1. The highest BCUT2D eigenvalue weighted by Crippen LogP contribution is 2.32. The number of Topliss-reactive ketones (excluding diaryl/α,β-unsaturated/α-hetero) is 1. The quantitative estimate of drug-likeness (QED) is 0.743. The van der Waals surface area contributed by atoms with E-state index in [4.69, 9.17) is 0 Å². The van der Waals surface area contributed by atoms with E-state index in [9.17, 15) is 18.0 Å². The molecule has 2 heterocycles. The van der Waals surface area contributed by atoms with E-state index in [-0.39, 0.29) is 22.4 Å². The molecule has 1 amide bonds. The monoisotopic (exact) mass is 425 g/mol. The molecule has 0 spiro atoms. The number of carbonyl (C=O) groups is 2. The normalized spacial score (nSPS) is 22.6. The topological polar surface area (TPSA) is 95.9 Å². The van der Waals surface area contributed by atoms with Crippen molar-refractivity contribution in [2.24, 2.45) is 16.2 Å². The number of ketones is 1. The lowest BCUT2D eigenvalue weighted by Crippen LogP contribution is -2.40. The number of sulfonamides is 1. The summed E-state index contributed by atoms with van der Waals surface area (Å²) in [7, 11) is -3.99. The maximum Gasteiger partial charge on any atom is 0.286 e. The zero-order valence-corrected chi connectivity index (χ0v) is 17.6. The number of amidine groups is 1. The second kappa shape index (κ2) is 7.68. The number of nitrogens with zero attached hydrogens (tertiary/aromatic N) is 2. The van der Waals surface area contributed by atoms with Crippen LogP contribution in [0.5, 0.6) is 0 Å². The summed E-state index contributed by atoms with van der Waals surface area (Å²) in [5, 5.41) is 2.92. The fourth-order valence-corrected chi connectivity index (χ4v) is 5.11. The molecule has 2 aliphatic rings. The van der Waals surface area contributed by atoms with Gasteiger partial charge in [0.05, 0.1) is 11.7 Å². The molecule has 4 rings (SSSR count). The van der Waals surface area contributed by atoms with Crippen LogP contribution in [0.1, 0.15) is 19.4 Å². The van der Waals surface area contributed by atoms with Crippen molar-refractivity contribution in [2.45, 2.75) is 31.2 Å². The first-order chi connectivity index (χ1) is 14.3. The first-order valence-electron chi connectivity index (χ1n) is 9.87. The van der Waals surface area contributed by atoms with Crippen LogP contribution < -0.4 is 5.32 Å². The van der Waals surface area contributed by atoms with Crippen molar-refractivity contribution < 1.29 is 18.0 Å². The molecule has 0 aromatic heterocycles. The van der Waals surface area contributed by atoms with E-state index in [1.807, 2.05) is 44.2 Å². The Kier molecular flexibility index (Phi) is 5.19. The third kappa shape index (κ3) is 3.63. The Morgan fingerprint density at radius 3 is 2.40 bits per heavy atom. The fraction of sp³-hybridized carbons (Fsp3) is 0.318. The molecule has 1 unspecified atom stereocenters. The van der Waals surface area contributed by atoms with Crippen molar-refractivity contribution in [2.75, 3.05) is 11.9 Å². The zero-order valence-electron chi connectivity index (χ0n) is 16.8. The van der Waals surface area contributed by atoms with Gasteiger partial charge in [-0.1, -0.05) is 56.3 Å². The van der Waals surface area contributed by atoms with Crippen molar-refractivity contribution in [3.8, 4) is 0 Å². The Morgan fingerprint density at radius 1 is 1.03 bits per heavy atom. The van der Waals surface area contributed by atoms with Gasteiger partial charge >= 0.3 is 0 Å². The largest absolute Gasteiger partial charge is 0.341 e. The summed E-state index contributed by atoms with van der Waals surface area (Å²) in [6, 6.07) is 15.2. The van der Waals surface area contributed by atoms with E-state index in [0.717, 1.165) is 5.56 Å². The number of benzene rings is 2. The van der Waals surface area contributed by atoms with Gasteiger partial charge in [-0.2, -0.15) is 8.42 Å². The number of fused-ring (bicyclic) bond motifs is 1. The van der Waals surface area contributed by atoms with Crippen LogP contribution in [0.2, 0.25) is 0 Å². The third-order valence-electron chi connectivity index (χ3n) is 5.27. The minimum absolute atomic E-state index is 0.0338. The van der Waals surface area contributed by atoms with E-state index in [1.54, 1.807) is 23.1 Å². The number of likely N-dealkylation sites (tertiary alicyclic amines) is 1. The van der Waals surface area contributed by atoms with Crippen LogP contribution in [-0.4, -0.2) is 43.4 Å². The molecule has 1 N–H and O–H groups in total. The highest BCUT2D eigenvalue weighted by atomic mass is 32.2. The summed E-state index contributed by atoms with van der Waals surface area (Å²) in [5.74, 6) is -1.95. The van der Waals surface area contributed by atoms with Gasteiger partial charge in [-0.05, 0) is 23.6 Å². The number of para-hydroxylation sites is 1. The molecule has 0 bridgehead atoms. The molecule has 156 valence electrons. The van der Waals surface area contributed by atoms with Crippen LogP contribution in [-0.2, 0) is 26.0 Å². The smallest absolute Gasteiger partial charge is 0.286 e. The molecular formula is C22H23N3O4S. The van der Waals surface area contributed by atoms with E-state index >= 15 is 0 Å². The molecule has 8 heteroatoms. The van der Waals surface area contributed by atoms with Gasteiger partial charge in [0.25, 0.3) is 10.0 Å². The van der Waals surface area contributed by atoms with Crippen LogP contribution in [0.4, 0.5) is 5.69 Å². The van der Waals surface area contributed by atoms with E-state index in [0.29, 0.717) is 18.7 Å². The van der Waals surface area contributed by atoms with Gasteiger partial charge in [-0.25, -0.2) is 0 Å². The molecule has 2 aromatic rings. The molecule has 0 aliphatic carbocycles. The van der Waals surface area contributed by atoms with Gasteiger partial charge in [0.2, 0.25) is 5.91 Å². The standard InChI is InChI=1S/C22H23N3O4S/c1-14(2)13-25-17(12-15-8-4-3-5-9-15)20(26)19(22(25)27)21-23-16-10-6-7-11-18(16)30(28,29)24-21/h3-11,14,17,19H,12-13H2,1-2H3,(H,23,24)/t17-,19?/m0/s1. The van der Waals surface area contributed by atoms with Crippen molar-refractivity contribution in [3.63, 3.8) is 0 Å². The van der Waals surface area contributed by atoms with Crippen molar-refractivity contribution in [3.05, 3.63) is 60.2 Å². The van der Waals surface area contributed by atoms with Crippen LogP contribution in [0, 0.1) is 11.8 Å². The predicted octanol–water partition coefficient (Wildman–Crippen LogP) is 2.49. The summed E-state index contributed by atoms with van der Waals surface area (Å²) in [6.45, 7) is 4.36. The molecule has 30 heavy (non-hydrogen) atoms. The van der Waals surface area contributed by atoms with Gasteiger partial charge in [-0.3, -0.25) is 9.59 Å². The van der Waals surface area contributed by atoms with Gasteiger partial charge in [-0.15, -0.1) is 4.40 Å². The second-order valence-electron chi connectivity index (χ2n) is 8.00. The number of carbonyl (C=O) groups excluding carboxylic acids is 2. The average Bonchev–Trinajstić information content (AvgIpc) is 2.92. The van der Waals surface area contributed by atoms with Crippen LogP contribution in [0.3, 0.4) is 0 Å². The van der Waals surface area contributed by atoms with Crippen molar-refractivity contribution >= 4 is 33.2 Å². The Bertz CT molecular complexity index is 1130. The summed E-state index contributed by atoms with van der Waals surface area (Å²) in [6.07, 6.45) is 0.380. The Labute approximate surface area is 175 Å². The first kappa shape index (κ1) is 20.3. The van der Waals surface area contributed by atoms with Crippen LogP contribution >= 0.6 is 0 Å². The van der Waals surface area contributed by atoms with Crippen LogP contribution in [0.25, 0.3) is 0 Å². The minimum Gasteiger partial charge on any atom is -0.341 e. The molecule has 1 saturated heterocycles. The van der Waals surface area contributed by atoms with Gasteiger partial charge in [0.15, 0.2) is 11.7 Å². The Morgan fingerprint density at radius 2 is 1.70 bits per heavy atom. The Balaban J connectivity index is 1.71. The molecule has 0 radical (unpaired) electrons. The number of hydrogen-bond acceptors (Lipinski definition) is 5. The summed E-state index contributed by atoms with van der Waals surface area (Å²) in [4.78, 5) is 28.2. The lowest BCUT2D eigenvalue weighted by Gasteiger charge is -2.25. The number of anilines is 1. The minimum atomic E-state index is -3.99. The number of amides is 1. The molecular weight excluding hydrogens is 402 g/mol. The average molecular weight is 426 g/mol. The maximum atomic E-state index is 13.4. The SMILES string of the molecule is CC(C)CN1C(=O)C(C2=NS(=O)(=O)c3ccccc3N2)C(=O)[C@@H]1Cc1ccccc1. The third-order valence-corrected chi connectivity index (χ3v) is 6.62. The van der Waals surface area contributed by atoms with Crippen molar-refractivity contribution in [1.82, 2.24) is 4.90 Å². The first-order valence-corrected chi connectivity index (χ1v) is 11.3. The Hall–Kier alpha value is -3.00. The van der Waals surface area contributed by atoms with E-state index in [1.165, 1.54) is 6.07 Å². The predicted molar refractivity (Wildman–Crippen MR) is 114 cm³/mol. The number of nitrogens with one attached hydrogen (secondary N) is 1. The van der Waals surface area contributed by atoms with Crippen LogP contribution in [0.15, 0.2) is 63.9 Å². The highest BCUT2D eigenvalue weighted by Gasteiger charge is 2.50. The van der Waals surface area contributed by atoms with Gasteiger partial charge in [0.1, 0.15) is 10.7 Å². The highest BCUT2D eigenvalue weighted by molar-refractivity contribution is 7.90. The maximum absolute atomic E-state index is 13.4. The summed E-state index contributed by atoms with van der Waals surface area (Å²) < 4.78 is 29.0. The fourth-order valence-electron chi connectivity index (χ4n) is 3.96. The summed E-state index contributed by atoms with van der Waals surface area (Å²) in [5.41, 5.74) is 1.26. The van der Waals surface area contributed by atoms with E-state index < -0.39 is 27.9 Å². The molecule has 1 fully saturated rings. The second-order valence-corrected chi connectivity index (χ2v) is 9.57. The molecule has 2 atom stereocenters. The lowest BCUT2D eigenvalue weighted by atomic mass is 9.97. The van der Waals surface area contributed by atoms with E-state index in [2.05, 4.69) is 9.71 Å². The summed E-state index contributed by atoms with van der Waals surface area (Å²) >= 11 is 0. The molecule has 7 nitrogen and oxygen atoms in total. The van der Waals surface area contributed by atoms with Gasteiger partial charge in [0, 0.05) is 13.0 Å². The molecule has 2 aliphatic heterocycles. The zero-order chi connectivity index (χ0) is 21.5. The van der Waals surface area contributed by atoms with Crippen molar-refractivity contribution in [1.29, 1.82) is 0 Å². The lowest BCUT2D eigenvalue weighted by molar-refractivity contribution is -0.131. The number of rotatable bonds is 5. The van der Waals surface area contributed by atoms with Gasteiger partial charge < -0.3 is 10.2 Å².